The van der Waals surface area contributed by atoms with E-state index < -0.39 is 0 Å². The van der Waals surface area contributed by atoms with Gasteiger partial charge in [-0.3, -0.25) is 19.3 Å². The molecule has 2 aliphatic rings. The average Bonchev–Trinajstić information content (AvgIpc) is 3.13. The minimum absolute atomic E-state index is 0.0454. The van der Waals surface area contributed by atoms with Crippen molar-refractivity contribution in [2.45, 2.75) is 25.5 Å². The van der Waals surface area contributed by atoms with Crippen LogP contribution in [-0.2, 0) is 20.8 Å². The Bertz CT molecular complexity index is 1330. The first-order valence-electron chi connectivity index (χ1n) is 10.9. The molecule has 1 aliphatic carbocycles. The Morgan fingerprint density at radius 3 is 2.76 bits per heavy atom. The van der Waals surface area contributed by atoms with Crippen LogP contribution in [0.5, 0.6) is 5.75 Å². The molecule has 1 saturated carbocycles. The number of amides is 1. The molecule has 3 aromatic rings. The van der Waals surface area contributed by atoms with Crippen LogP contribution in [0.25, 0.3) is 11.0 Å². The number of anilines is 1. The number of carbonyl (C=O) groups excluding carboxylic acids is 2. The van der Waals surface area contributed by atoms with E-state index >= 15 is 0 Å². The summed E-state index contributed by atoms with van der Waals surface area (Å²) in [4.78, 5) is 38.3. The fourth-order valence-electron chi connectivity index (χ4n) is 4.26. The van der Waals surface area contributed by atoms with Gasteiger partial charge in [-0.15, -0.1) is 0 Å². The molecule has 0 spiro atoms. The zero-order chi connectivity index (χ0) is 23.8. The topological polar surface area (TPSA) is 95.3 Å². The third-order valence-corrected chi connectivity index (χ3v) is 6.47. The van der Waals surface area contributed by atoms with Crippen molar-refractivity contribution in [3.05, 3.63) is 68.8 Å². The highest BCUT2D eigenvalue weighted by atomic mass is 35.5. The molecular weight excluding hydrogens is 462 g/mol. The number of carbonyl (C=O) groups is 2. The van der Waals surface area contributed by atoms with E-state index in [0.29, 0.717) is 47.8 Å². The molecule has 1 fully saturated rings. The lowest BCUT2D eigenvalue weighted by Crippen LogP contribution is -2.37. The minimum atomic E-state index is -0.268. The van der Waals surface area contributed by atoms with Crippen molar-refractivity contribution in [2.24, 2.45) is 5.92 Å². The quantitative estimate of drug-likeness (QED) is 0.371. The van der Waals surface area contributed by atoms with Gasteiger partial charge in [0.1, 0.15) is 12.4 Å². The number of hydrogen-bond donors (Lipinski definition) is 0. The van der Waals surface area contributed by atoms with E-state index in [1.807, 2.05) is 0 Å². The number of hydrogen-bond acceptors (Lipinski definition) is 7. The standard InChI is InChI=1S/C25H22ClNO7/c1-31-25(30)14-9-17(10-14)33-8-7-32-16-5-6-18-15(11-16)13-27(24(18)29)22-12-21(28)19-3-2-4-20(26)23(19)34-22/h2-6,11-12,14,17H,7-10,13H2,1H3. The van der Waals surface area contributed by atoms with Gasteiger partial charge in [-0.1, -0.05) is 17.7 Å². The molecule has 2 heterocycles. The zero-order valence-electron chi connectivity index (χ0n) is 18.4. The smallest absolute Gasteiger partial charge is 0.308 e. The number of halogens is 1. The Morgan fingerprint density at radius 2 is 1.97 bits per heavy atom. The first kappa shape index (κ1) is 22.4. The fourth-order valence-corrected chi connectivity index (χ4v) is 4.48. The van der Waals surface area contributed by atoms with Gasteiger partial charge < -0.3 is 18.6 Å². The van der Waals surface area contributed by atoms with E-state index in [4.69, 9.17) is 30.2 Å². The van der Waals surface area contributed by atoms with Crippen molar-refractivity contribution in [3.8, 4) is 5.75 Å². The highest BCUT2D eigenvalue weighted by Gasteiger charge is 2.36. The molecule has 0 bridgehead atoms. The van der Waals surface area contributed by atoms with Crippen molar-refractivity contribution in [3.63, 3.8) is 0 Å². The molecule has 0 radical (unpaired) electrons. The molecule has 8 nitrogen and oxygen atoms in total. The SMILES string of the molecule is COC(=O)C1CC(OCCOc2ccc3c(c2)CN(c2cc(=O)c4cccc(Cl)c4o2)C3=O)C1. The summed E-state index contributed by atoms with van der Waals surface area (Å²) in [6, 6.07) is 11.5. The highest BCUT2D eigenvalue weighted by Crippen LogP contribution is 2.33. The summed E-state index contributed by atoms with van der Waals surface area (Å²) in [7, 11) is 1.39. The zero-order valence-corrected chi connectivity index (χ0v) is 19.2. The van der Waals surface area contributed by atoms with Gasteiger partial charge in [-0.25, -0.2) is 0 Å². The summed E-state index contributed by atoms with van der Waals surface area (Å²) in [5.41, 5.74) is 1.28. The van der Waals surface area contributed by atoms with Gasteiger partial charge in [0.2, 0.25) is 5.88 Å². The lowest BCUT2D eigenvalue weighted by atomic mass is 9.82. The second-order valence-electron chi connectivity index (χ2n) is 8.31. The van der Waals surface area contributed by atoms with E-state index in [1.165, 1.54) is 18.1 Å². The third kappa shape index (κ3) is 4.15. The number of methoxy groups -OCH3 is 1. The number of para-hydroxylation sites is 1. The highest BCUT2D eigenvalue weighted by molar-refractivity contribution is 6.34. The Hall–Kier alpha value is -3.36. The van der Waals surface area contributed by atoms with Crippen molar-refractivity contribution in [2.75, 3.05) is 25.2 Å². The van der Waals surface area contributed by atoms with Gasteiger partial charge >= 0.3 is 5.97 Å². The maximum absolute atomic E-state index is 12.9. The van der Waals surface area contributed by atoms with Crippen LogP contribution in [0, 0.1) is 5.92 Å². The summed E-state index contributed by atoms with van der Waals surface area (Å²) < 4.78 is 22.0. The fraction of sp³-hybridized carbons (Fsp3) is 0.320. The molecule has 9 heteroatoms. The Morgan fingerprint density at radius 1 is 1.15 bits per heavy atom. The molecule has 1 amide bonds. The van der Waals surface area contributed by atoms with Crippen LogP contribution in [0.4, 0.5) is 5.88 Å². The largest absolute Gasteiger partial charge is 0.491 e. The Labute approximate surface area is 200 Å². The molecule has 1 aliphatic heterocycles. The van der Waals surface area contributed by atoms with Crippen molar-refractivity contribution < 1.29 is 28.2 Å². The molecule has 0 N–H and O–H groups in total. The van der Waals surface area contributed by atoms with Crippen molar-refractivity contribution in [1.29, 1.82) is 0 Å². The second-order valence-corrected chi connectivity index (χ2v) is 8.72. The van der Waals surface area contributed by atoms with Crippen LogP contribution in [-0.4, -0.2) is 38.3 Å². The predicted octanol–water partition coefficient (Wildman–Crippen LogP) is 3.95. The van der Waals surface area contributed by atoms with Crippen LogP contribution < -0.4 is 15.1 Å². The molecule has 34 heavy (non-hydrogen) atoms. The summed E-state index contributed by atoms with van der Waals surface area (Å²) in [5, 5.41) is 0.669. The van der Waals surface area contributed by atoms with Gasteiger partial charge in [0, 0.05) is 11.6 Å². The van der Waals surface area contributed by atoms with Gasteiger partial charge in [0.05, 0.1) is 42.7 Å². The maximum Gasteiger partial charge on any atom is 0.308 e. The van der Waals surface area contributed by atoms with Crippen LogP contribution >= 0.6 is 11.6 Å². The van der Waals surface area contributed by atoms with Gasteiger partial charge in [-0.05, 0) is 48.7 Å². The number of fused-ring (bicyclic) bond motifs is 2. The lowest BCUT2D eigenvalue weighted by molar-refractivity contribution is -0.155. The number of esters is 1. The van der Waals surface area contributed by atoms with E-state index in [-0.39, 0.29) is 47.3 Å². The van der Waals surface area contributed by atoms with E-state index in [9.17, 15) is 14.4 Å². The summed E-state index contributed by atoms with van der Waals surface area (Å²) >= 11 is 6.19. The summed E-state index contributed by atoms with van der Waals surface area (Å²) in [6.07, 6.45) is 1.38. The predicted molar refractivity (Wildman–Crippen MR) is 124 cm³/mol. The molecular formula is C25H22ClNO7. The van der Waals surface area contributed by atoms with E-state index in [1.54, 1.807) is 36.4 Å². The molecule has 0 atom stereocenters. The monoisotopic (exact) mass is 483 g/mol. The van der Waals surface area contributed by atoms with Crippen LogP contribution in [0.1, 0.15) is 28.8 Å². The van der Waals surface area contributed by atoms with Crippen molar-refractivity contribution >= 4 is 40.3 Å². The molecule has 2 aromatic carbocycles. The Kier molecular flexibility index (Phi) is 6.02. The minimum Gasteiger partial charge on any atom is -0.491 e. The van der Waals surface area contributed by atoms with Crippen LogP contribution in [0.3, 0.4) is 0 Å². The van der Waals surface area contributed by atoms with Gasteiger partial charge in [0.15, 0.2) is 11.0 Å². The third-order valence-electron chi connectivity index (χ3n) is 6.18. The lowest BCUT2D eigenvalue weighted by Gasteiger charge is -2.32. The first-order chi connectivity index (χ1) is 16.4. The molecule has 0 saturated heterocycles. The van der Waals surface area contributed by atoms with Crippen molar-refractivity contribution in [1.82, 2.24) is 0 Å². The second kappa shape index (κ2) is 9.12. The number of rotatable bonds is 7. The number of nitrogens with zero attached hydrogens (tertiary/aromatic N) is 1. The van der Waals surface area contributed by atoms with Gasteiger partial charge in [-0.2, -0.15) is 0 Å². The van der Waals surface area contributed by atoms with Crippen LogP contribution in [0.2, 0.25) is 5.02 Å². The average molecular weight is 484 g/mol. The normalized spacial score (nSPS) is 19.1. The maximum atomic E-state index is 12.9. The molecule has 1 aromatic heterocycles. The Balaban J connectivity index is 1.21. The number of benzene rings is 2. The molecule has 176 valence electrons. The summed E-state index contributed by atoms with van der Waals surface area (Å²) in [6.45, 7) is 0.981. The van der Waals surface area contributed by atoms with Gasteiger partial charge in [0.25, 0.3) is 5.91 Å². The molecule has 0 unspecified atom stereocenters. The number of ether oxygens (including phenoxy) is 3. The molecule has 5 rings (SSSR count). The van der Waals surface area contributed by atoms with Crippen LogP contribution in [0.15, 0.2) is 51.7 Å². The van der Waals surface area contributed by atoms with E-state index in [0.717, 1.165) is 5.56 Å². The summed E-state index contributed by atoms with van der Waals surface area (Å²) in [5.74, 6) is 0.235. The first-order valence-corrected chi connectivity index (χ1v) is 11.3. The van der Waals surface area contributed by atoms with E-state index in [2.05, 4.69) is 0 Å².